The highest BCUT2D eigenvalue weighted by atomic mass is 32.1. The van der Waals surface area contributed by atoms with Crippen LogP contribution in [0.5, 0.6) is 0 Å². The zero-order valence-electron chi connectivity index (χ0n) is 15.3. The molecule has 0 radical (unpaired) electrons. The molecular formula is C19H21N3O4S. The summed E-state index contributed by atoms with van der Waals surface area (Å²) in [5.74, 6) is -1.08. The first kappa shape index (κ1) is 18.9. The highest BCUT2D eigenvalue weighted by Gasteiger charge is 2.28. The van der Waals surface area contributed by atoms with Gasteiger partial charge in [-0.15, -0.1) is 11.3 Å². The largest absolute Gasteiger partial charge is 0.462 e. The SMILES string of the molecule is CCOC(=O)c1c(NC(=O)C[C@@H]2Nc3ccccc3NC2=O)sc(C)c1C. The average molecular weight is 387 g/mol. The zero-order chi connectivity index (χ0) is 19.6. The van der Waals surface area contributed by atoms with E-state index in [2.05, 4.69) is 16.0 Å². The van der Waals surface area contributed by atoms with Crippen LogP contribution in [0.4, 0.5) is 16.4 Å². The maximum absolute atomic E-state index is 12.5. The van der Waals surface area contributed by atoms with Gasteiger partial charge in [0.1, 0.15) is 11.0 Å². The number of ether oxygens (including phenoxy) is 1. The molecule has 2 heterocycles. The number of fused-ring (bicyclic) bond motifs is 1. The summed E-state index contributed by atoms with van der Waals surface area (Å²) in [5.41, 5.74) is 2.62. The molecule has 0 fully saturated rings. The lowest BCUT2D eigenvalue weighted by atomic mass is 10.1. The number of amides is 2. The molecule has 3 rings (SSSR count). The van der Waals surface area contributed by atoms with Gasteiger partial charge in [0.2, 0.25) is 11.8 Å². The van der Waals surface area contributed by atoms with Gasteiger partial charge in [0.15, 0.2) is 0 Å². The lowest BCUT2D eigenvalue weighted by Crippen LogP contribution is -2.41. The van der Waals surface area contributed by atoms with Crippen molar-refractivity contribution < 1.29 is 19.1 Å². The number of benzene rings is 1. The Morgan fingerprint density at radius 3 is 2.63 bits per heavy atom. The topological polar surface area (TPSA) is 96.5 Å². The summed E-state index contributed by atoms with van der Waals surface area (Å²) in [6.07, 6.45) is -0.0571. The normalized spacial score (nSPS) is 15.4. The molecule has 8 heteroatoms. The fourth-order valence-corrected chi connectivity index (χ4v) is 3.93. The molecule has 1 aliphatic rings. The van der Waals surface area contributed by atoms with Crippen LogP contribution >= 0.6 is 11.3 Å². The summed E-state index contributed by atoms with van der Waals surface area (Å²) in [6.45, 7) is 5.69. The molecule has 2 aromatic rings. The first-order chi connectivity index (χ1) is 12.9. The molecule has 1 aliphatic heterocycles. The van der Waals surface area contributed by atoms with Crippen LogP contribution in [0.25, 0.3) is 0 Å². The highest BCUT2D eigenvalue weighted by molar-refractivity contribution is 7.16. The third-order valence-corrected chi connectivity index (χ3v) is 5.46. The van der Waals surface area contributed by atoms with Crippen molar-refractivity contribution in [3.63, 3.8) is 0 Å². The molecule has 0 saturated carbocycles. The van der Waals surface area contributed by atoms with Gasteiger partial charge >= 0.3 is 5.97 Å². The maximum Gasteiger partial charge on any atom is 0.341 e. The van der Waals surface area contributed by atoms with Crippen LogP contribution in [0.2, 0.25) is 0 Å². The Kier molecular flexibility index (Phi) is 5.46. The van der Waals surface area contributed by atoms with Gasteiger partial charge in [-0.3, -0.25) is 9.59 Å². The Hall–Kier alpha value is -2.87. The molecule has 7 nitrogen and oxygen atoms in total. The van der Waals surface area contributed by atoms with Crippen molar-refractivity contribution >= 4 is 45.5 Å². The number of thiophene rings is 1. The second-order valence-corrected chi connectivity index (χ2v) is 7.42. The van der Waals surface area contributed by atoms with E-state index in [4.69, 9.17) is 4.74 Å². The van der Waals surface area contributed by atoms with Crippen molar-refractivity contribution in [3.05, 3.63) is 40.3 Å². The standard InChI is InChI=1S/C19H21N3O4S/c1-4-26-19(25)16-10(2)11(3)27-18(16)22-15(23)9-14-17(24)21-13-8-6-5-7-12(13)20-14/h5-8,14,20H,4,9H2,1-3H3,(H,21,24)(H,22,23)/t14-/m0/s1. The average Bonchev–Trinajstić information content (AvgIpc) is 2.89. The molecule has 0 saturated heterocycles. The van der Waals surface area contributed by atoms with Gasteiger partial charge in [0.25, 0.3) is 0 Å². The third-order valence-electron chi connectivity index (χ3n) is 4.34. The van der Waals surface area contributed by atoms with Crippen molar-refractivity contribution in [1.29, 1.82) is 0 Å². The number of nitrogens with one attached hydrogen (secondary N) is 3. The van der Waals surface area contributed by atoms with Crippen molar-refractivity contribution in [2.24, 2.45) is 0 Å². The van der Waals surface area contributed by atoms with Crippen molar-refractivity contribution in [2.75, 3.05) is 22.6 Å². The first-order valence-electron chi connectivity index (χ1n) is 8.64. The molecule has 142 valence electrons. The van der Waals surface area contributed by atoms with Gasteiger partial charge in [-0.05, 0) is 38.5 Å². The fraction of sp³-hybridized carbons (Fsp3) is 0.316. The predicted molar refractivity (Wildman–Crippen MR) is 105 cm³/mol. The summed E-state index contributed by atoms with van der Waals surface area (Å²) in [7, 11) is 0. The molecule has 1 aromatic heterocycles. The molecule has 0 spiro atoms. The number of hydrogen-bond acceptors (Lipinski definition) is 6. The number of anilines is 3. The lowest BCUT2D eigenvalue weighted by Gasteiger charge is -2.26. The van der Waals surface area contributed by atoms with Gasteiger partial charge in [-0.2, -0.15) is 0 Å². The number of hydrogen-bond donors (Lipinski definition) is 3. The van der Waals surface area contributed by atoms with E-state index in [1.54, 1.807) is 13.0 Å². The van der Waals surface area contributed by atoms with Crippen LogP contribution in [-0.4, -0.2) is 30.4 Å². The van der Waals surface area contributed by atoms with E-state index in [0.29, 0.717) is 16.3 Å². The molecule has 2 amide bonds. The summed E-state index contributed by atoms with van der Waals surface area (Å²) in [6, 6.07) is 6.62. The van der Waals surface area contributed by atoms with E-state index in [9.17, 15) is 14.4 Å². The quantitative estimate of drug-likeness (QED) is 0.684. The third kappa shape index (κ3) is 3.95. The van der Waals surface area contributed by atoms with Gasteiger partial charge in [0.05, 0.1) is 30.0 Å². The number of esters is 1. The molecule has 0 bridgehead atoms. The second kappa shape index (κ2) is 7.79. The Balaban J connectivity index is 1.73. The zero-order valence-corrected chi connectivity index (χ0v) is 16.2. The van der Waals surface area contributed by atoms with Gasteiger partial charge in [-0.1, -0.05) is 12.1 Å². The number of aryl methyl sites for hydroxylation is 1. The number of para-hydroxylation sites is 2. The van der Waals surface area contributed by atoms with E-state index >= 15 is 0 Å². The minimum atomic E-state index is -0.687. The van der Waals surface area contributed by atoms with E-state index in [1.807, 2.05) is 32.0 Å². The van der Waals surface area contributed by atoms with Gasteiger partial charge in [-0.25, -0.2) is 4.79 Å². The van der Waals surface area contributed by atoms with Crippen LogP contribution < -0.4 is 16.0 Å². The molecule has 0 aliphatic carbocycles. The second-order valence-electron chi connectivity index (χ2n) is 6.19. The lowest BCUT2D eigenvalue weighted by molar-refractivity contribution is -0.122. The van der Waals surface area contributed by atoms with E-state index in [-0.39, 0.29) is 24.8 Å². The van der Waals surface area contributed by atoms with Crippen molar-refractivity contribution in [1.82, 2.24) is 0 Å². The van der Waals surface area contributed by atoms with Crippen LogP contribution in [0, 0.1) is 13.8 Å². The minimum absolute atomic E-state index is 0.0571. The van der Waals surface area contributed by atoms with Gasteiger partial charge in [0, 0.05) is 4.88 Å². The monoisotopic (exact) mass is 387 g/mol. The van der Waals surface area contributed by atoms with Crippen molar-refractivity contribution in [3.8, 4) is 0 Å². The number of rotatable bonds is 5. The maximum atomic E-state index is 12.5. The highest BCUT2D eigenvalue weighted by Crippen LogP contribution is 2.33. The van der Waals surface area contributed by atoms with Crippen LogP contribution in [-0.2, 0) is 14.3 Å². The molecule has 0 unspecified atom stereocenters. The van der Waals surface area contributed by atoms with E-state index in [1.165, 1.54) is 11.3 Å². The van der Waals surface area contributed by atoms with Crippen molar-refractivity contribution in [2.45, 2.75) is 33.2 Å². The molecule has 1 aromatic carbocycles. The van der Waals surface area contributed by atoms with E-state index in [0.717, 1.165) is 16.1 Å². The van der Waals surface area contributed by atoms with Crippen LogP contribution in [0.1, 0.15) is 34.1 Å². The van der Waals surface area contributed by atoms with Crippen LogP contribution in [0.15, 0.2) is 24.3 Å². The molecule has 1 atom stereocenters. The molecule has 3 N–H and O–H groups in total. The Morgan fingerprint density at radius 2 is 1.93 bits per heavy atom. The van der Waals surface area contributed by atoms with Crippen LogP contribution in [0.3, 0.4) is 0 Å². The summed E-state index contributed by atoms with van der Waals surface area (Å²) in [5, 5.41) is 9.07. The Labute approximate surface area is 161 Å². The number of carbonyl (C=O) groups excluding carboxylic acids is 3. The number of carbonyl (C=O) groups is 3. The Morgan fingerprint density at radius 1 is 1.22 bits per heavy atom. The van der Waals surface area contributed by atoms with E-state index < -0.39 is 12.0 Å². The predicted octanol–water partition coefficient (Wildman–Crippen LogP) is 3.30. The fourth-order valence-electron chi connectivity index (χ4n) is 2.86. The molecular weight excluding hydrogens is 366 g/mol. The summed E-state index contributed by atoms with van der Waals surface area (Å²) >= 11 is 1.32. The molecule has 27 heavy (non-hydrogen) atoms. The van der Waals surface area contributed by atoms with Gasteiger partial charge < -0.3 is 20.7 Å². The first-order valence-corrected chi connectivity index (χ1v) is 9.45. The Bertz CT molecular complexity index is 906. The summed E-state index contributed by atoms with van der Waals surface area (Å²) in [4.78, 5) is 37.9. The minimum Gasteiger partial charge on any atom is -0.462 e. The summed E-state index contributed by atoms with van der Waals surface area (Å²) < 4.78 is 5.09. The smallest absolute Gasteiger partial charge is 0.341 e.